The van der Waals surface area contributed by atoms with Gasteiger partial charge in [0.05, 0.1) is 0 Å². The van der Waals surface area contributed by atoms with Crippen LogP contribution in [-0.4, -0.2) is 4.51 Å². The molecule has 5 heavy (non-hydrogen) atoms. The molecule has 3 nitrogen and oxygen atoms in total. The van der Waals surface area contributed by atoms with Crippen molar-refractivity contribution in [2.24, 2.45) is 0 Å². The highest BCUT2D eigenvalue weighted by molar-refractivity contribution is 7.43. The number of aromatic nitrogens is 1. The van der Waals surface area contributed by atoms with Gasteiger partial charge in [0.15, 0.2) is 0 Å². The summed E-state index contributed by atoms with van der Waals surface area (Å²) >= 11 is 0. The molecule has 0 aliphatic heterocycles. The normalized spacial score (nSPS) is 14.0. The fourth-order valence-corrected chi connectivity index (χ4v) is 0.746. The molecule has 1 aromatic rings. The summed E-state index contributed by atoms with van der Waals surface area (Å²) in [6.07, 6.45) is 0. The lowest BCUT2D eigenvalue weighted by molar-refractivity contribution is 0.564. The predicted molar refractivity (Wildman–Crippen MR) is 20.2 cm³/mol. The molecule has 0 aromatic carbocycles. The molecule has 2 atom stereocenters. The Bertz CT molecular complexity index is 122. The molecule has 0 amide bonds. The molecule has 1 rings (SSSR count). The Kier molecular flexibility index (Phi) is 0.640. The third-order valence-electron chi connectivity index (χ3n) is 0.265. The Morgan fingerprint density at radius 1 is 2.00 bits per heavy atom. The van der Waals surface area contributed by atoms with Crippen LogP contribution in [-0.2, 0) is 4.57 Å². The lowest BCUT2D eigenvalue weighted by Gasteiger charge is -1.64. The standard InChI is InChI=1S/H2NO2P2/c2-5-1-4-3-5/h4H,(H,1,2)/q+1. The number of H-pyrrole nitrogens is 1. The van der Waals surface area contributed by atoms with Gasteiger partial charge < -0.3 is 0 Å². The maximum atomic E-state index is 9.72. The van der Waals surface area contributed by atoms with Crippen molar-refractivity contribution in [3.05, 3.63) is 0 Å². The van der Waals surface area contributed by atoms with E-state index in [2.05, 4.69) is 8.49 Å². The summed E-state index contributed by atoms with van der Waals surface area (Å²) in [5.74, 6) is 0. The van der Waals surface area contributed by atoms with Gasteiger partial charge in [-0.1, -0.05) is 0 Å². The summed E-state index contributed by atoms with van der Waals surface area (Å²) < 4.78 is 16.6. The number of hydrogen-bond acceptors (Lipinski definition) is 2. The van der Waals surface area contributed by atoms with E-state index in [-0.39, 0.29) is 8.59 Å². The third kappa shape index (κ3) is 0.444. The predicted octanol–water partition coefficient (Wildman–Crippen LogP) is 1.38. The first kappa shape index (κ1) is 3.20. The van der Waals surface area contributed by atoms with E-state index in [1.54, 1.807) is 0 Å². The van der Waals surface area contributed by atoms with E-state index < -0.39 is 7.81 Å². The van der Waals surface area contributed by atoms with Gasteiger partial charge >= 0.3 is 7.81 Å². The SMILES string of the molecule is O=[p+]1[nH][pH]o1. The number of aromatic amines is 1. The summed E-state index contributed by atoms with van der Waals surface area (Å²) in [6.45, 7) is 0. The molecule has 0 saturated carbocycles. The molecule has 0 fully saturated rings. The van der Waals surface area contributed by atoms with Crippen LogP contribution in [0.15, 0.2) is 3.98 Å². The average Bonchev–Trinajstić information content (AvgIpc) is 1.30. The van der Waals surface area contributed by atoms with Crippen molar-refractivity contribution < 1.29 is 8.54 Å². The summed E-state index contributed by atoms with van der Waals surface area (Å²) in [5, 5.41) is 0. The molecule has 2 unspecified atom stereocenters. The Labute approximate surface area is 30.5 Å². The Morgan fingerprint density at radius 3 is 2.40 bits per heavy atom. The van der Waals surface area contributed by atoms with Crippen LogP contribution in [0.5, 0.6) is 0 Å². The molecule has 0 aliphatic rings. The minimum Gasteiger partial charge on any atom is -0.262 e. The second-order valence-corrected chi connectivity index (χ2v) is 2.91. The zero-order chi connectivity index (χ0) is 3.70. The van der Waals surface area contributed by atoms with Crippen LogP contribution in [0.3, 0.4) is 0 Å². The van der Waals surface area contributed by atoms with Crippen molar-refractivity contribution in [2.75, 3.05) is 0 Å². The van der Waals surface area contributed by atoms with Crippen LogP contribution >= 0.6 is 16.4 Å². The second kappa shape index (κ2) is 1.00. The maximum Gasteiger partial charge on any atom is 0.514 e. The van der Waals surface area contributed by atoms with Gasteiger partial charge in [0, 0.05) is 0 Å². The molecule has 0 aliphatic carbocycles. The highest BCUT2D eigenvalue weighted by Gasteiger charge is 1.85. The van der Waals surface area contributed by atoms with E-state index in [1.807, 2.05) is 0 Å². The number of rotatable bonds is 0. The van der Waals surface area contributed by atoms with Crippen molar-refractivity contribution in [2.45, 2.75) is 0 Å². The first-order valence-electron chi connectivity index (χ1n) is 1.04. The molecule has 0 saturated heterocycles. The fraction of sp³-hybridized carbons (Fsp3) is 0. The van der Waals surface area contributed by atoms with E-state index in [4.69, 9.17) is 0 Å². The number of nitrogens with one attached hydrogen (secondary N) is 1. The Hall–Kier alpha value is -0.0000000000000000555. The average molecular weight is 110 g/mol. The molecule has 5 heteroatoms. The minimum absolute atomic E-state index is 0.268. The highest BCUT2D eigenvalue weighted by Crippen LogP contribution is 2.18. The van der Waals surface area contributed by atoms with Crippen molar-refractivity contribution >= 4 is 16.4 Å². The maximum absolute atomic E-state index is 9.72. The molecule has 1 N–H and O–H groups in total. The molecule has 28 valence electrons. The van der Waals surface area contributed by atoms with Crippen molar-refractivity contribution in [3.8, 4) is 0 Å². The summed E-state index contributed by atoms with van der Waals surface area (Å²) in [7, 11) is -1.14. The summed E-state index contributed by atoms with van der Waals surface area (Å²) in [6, 6.07) is 0. The molecule has 1 heterocycles. The number of hydrogen-bond donors (Lipinski definition) is 1. The molecule has 1 aromatic heterocycles. The van der Waals surface area contributed by atoms with Crippen LogP contribution in [0.25, 0.3) is 0 Å². The van der Waals surface area contributed by atoms with Gasteiger partial charge in [0.1, 0.15) is 0 Å². The van der Waals surface area contributed by atoms with Gasteiger partial charge in [0.25, 0.3) is 0 Å². The first-order chi connectivity index (χ1) is 2.39. The van der Waals surface area contributed by atoms with Crippen molar-refractivity contribution in [1.82, 2.24) is 4.51 Å². The quantitative estimate of drug-likeness (QED) is 0.548. The second-order valence-electron chi connectivity index (χ2n) is 0.562. The van der Waals surface area contributed by atoms with Crippen molar-refractivity contribution in [1.29, 1.82) is 0 Å². The fourth-order valence-electron chi connectivity index (χ4n) is 0.0829. The van der Waals surface area contributed by atoms with Gasteiger partial charge in [-0.2, -0.15) is 0 Å². The van der Waals surface area contributed by atoms with E-state index in [1.165, 1.54) is 0 Å². The molecule has 0 radical (unpaired) electrons. The lowest BCUT2D eigenvalue weighted by atomic mass is 13.9. The van der Waals surface area contributed by atoms with E-state index >= 15 is 0 Å². The largest absolute Gasteiger partial charge is 0.514 e. The zero-order valence-corrected chi connectivity index (χ0v) is 4.16. The summed E-state index contributed by atoms with van der Waals surface area (Å²) in [4.78, 5) is 0. The molecule has 0 spiro atoms. The van der Waals surface area contributed by atoms with Crippen molar-refractivity contribution in [3.63, 3.8) is 0 Å². The monoisotopic (exact) mass is 110 g/mol. The smallest absolute Gasteiger partial charge is 0.262 e. The first-order valence-corrected chi connectivity index (χ1v) is 3.13. The molecular formula is H2NO2P2+. The molecular weight excluding hydrogens is 108 g/mol. The van der Waals surface area contributed by atoms with Crippen LogP contribution in [0.4, 0.5) is 0 Å². The van der Waals surface area contributed by atoms with E-state index in [0.717, 1.165) is 0 Å². The zero-order valence-electron chi connectivity index (χ0n) is 2.26. The van der Waals surface area contributed by atoms with E-state index in [0.29, 0.717) is 0 Å². The van der Waals surface area contributed by atoms with Gasteiger partial charge in [-0.15, -0.1) is 9.07 Å². The van der Waals surface area contributed by atoms with Crippen LogP contribution < -0.4 is 0 Å². The van der Waals surface area contributed by atoms with Gasteiger partial charge in [-0.3, -0.25) is 3.98 Å². The minimum atomic E-state index is -1.41. The van der Waals surface area contributed by atoms with Gasteiger partial charge in [-0.25, -0.2) is 0 Å². The third-order valence-corrected chi connectivity index (χ3v) is 2.39. The van der Waals surface area contributed by atoms with E-state index in [9.17, 15) is 4.57 Å². The van der Waals surface area contributed by atoms with Crippen LogP contribution in [0.1, 0.15) is 0 Å². The summed E-state index contributed by atoms with van der Waals surface area (Å²) in [5.41, 5.74) is 0. The Balaban J connectivity index is 3.29. The Morgan fingerprint density at radius 2 is 2.40 bits per heavy atom. The van der Waals surface area contributed by atoms with Crippen LogP contribution in [0, 0.1) is 0 Å². The topological polar surface area (TPSA) is 46.0 Å². The van der Waals surface area contributed by atoms with Crippen LogP contribution in [0.2, 0.25) is 0 Å². The van der Waals surface area contributed by atoms with Gasteiger partial charge in [0.2, 0.25) is 8.59 Å². The highest BCUT2D eigenvalue weighted by atomic mass is 31.2. The lowest BCUT2D eigenvalue weighted by Crippen LogP contribution is -1.42. The van der Waals surface area contributed by atoms with Gasteiger partial charge in [-0.05, 0) is 0 Å². The molecule has 0 bridgehead atoms.